The van der Waals surface area contributed by atoms with Gasteiger partial charge in [0.25, 0.3) is 0 Å². The van der Waals surface area contributed by atoms with Crippen molar-refractivity contribution < 1.29 is 4.74 Å². The second-order valence-electron chi connectivity index (χ2n) is 6.89. The van der Waals surface area contributed by atoms with Crippen LogP contribution in [0.2, 0.25) is 0 Å². The third-order valence-electron chi connectivity index (χ3n) is 4.51. The second kappa shape index (κ2) is 7.87. The third-order valence-corrected chi connectivity index (χ3v) is 4.51. The number of nitrogens with zero attached hydrogens (tertiary/aromatic N) is 1. The van der Waals surface area contributed by atoms with Gasteiger partial charge in [-0.2, -0.15) is 0 Å². The summed E-state index contributed by atoms with van der Waals surface area (Å²) < 4.78 is 5.42. The zero-order valence-electron chi connectivity index (χ0n) is 14.1. The van der Waals surface area contributed by atoms with E-state index in [2.05, 4.69) is 43.3 Å². The lowest BCUT2D eigenvalue weighted by Crippen LogP contribution is -2.49. The molecule has 0 saturated heterocycles. The van der Waals surface area contributed by atoms with Crippen LogP contribution >= 0.6 is 0 Å². The lowest BCUT2D eigenvalue weighted by Gasteiger charge is -2.32. The number of hydrogen-bond donors (Lipinski definition) is 2. The maximum absolute atomic E-state index is 5.42. The predicted octanol–water partition coefficient (Wildman–Crippen LogP) is 2.79. The van der Waals surface area contributed by atoms with E-state index in [1.54, 1.807) is 7.11 Å². The molecule has 0 aromatic heterocycles. The van der Waals surface area contributed by atoms with Crippen LogP contribution in [0.5, 0.6) is 0 Å². The Balaban J connectivity index is 2.35. The maximum atomic E-state index is 5.42. The highest BCUT2D eigenvalue weighted by Gasteiger charge is 2.24. The fraction of sp³-hybridized carbons (Fsp3) is 0.938. The first kappa shape index (κ1) is 17.3. The molecule has 1 rings (SSSR count). The molecule has 0 radical (unpaired) electrons. The van der Waals surface area contributed by atoms with Crippen molar-refractivity contribution in [2.45, 2.75) is 65.0 Å². The molecule has 0 amide bonds. The number of guanidine groups is 1. The summed E-state index contributed by atoms with van der Waals surface area (Å²) in [5, 5.41) is 6.90. The van der Waals surface area contributed by atoms with Gasteiger partial charge >= 0.3 is 0 Å². The van der Waals surface area contributed by atoms with Crippen LogP contribution in [-0.2, 0) is 4.74 Å². The molecule has 0 unspecified atom stereocenters. The second-order valence-corrected chi connectivity index (χ2v) is 6.89. The van der Waals surface area contributed by atoms with E-state index < -0.39 is 0 Å². The summed E-state index contributed by atoms with van der Waals surface area (Å²) in [6, 6.07) is 0.557. The van der Waals surface area contributed by atoms with Gasteiger partial charge in [0.2, 0.25) is 0 Å². The normalized spacial score (nSPS) is 24.9. The molecule has 4 heteroatoms. The van der Waals surface area contributed by atoms with Gasteiger partial charge in [-0.15, -0.1) is 0 Å². The van der Waals surface area contributed by atoms with Crippen LogP contribution in [0.1, 0.15) is 53.4 Å². The van der Waals surface area contributed by atoms with Crippen molar-refractivity contribution >= 4 is 5.96 Å². The molecule has 0 bridgehead atoms. The highest BCUT2D eigenvalue weighted by Crippen LogP contribution is 2.29. The third kappa shape index (κ3) is 5.70. The summed E-state index contributed by atoms with van der Waals surface area (Å²) in [5.74, 6) is 2.61. The van der Waals surface area contributed by atoms with Gasteiger partial charge in [-0.3, -0.25) is 4.99 Å². The largest absolute Gasteiger partial charge is 0.377 e. The summed E-state index contributed by atoms with van der Waals surface area (Å²) in [6.45, 7) is 9.57. The number of rotatable bonds is 5. The van der Waals surface area contributed by atoms with Gasteiger partial charge in [0.05, 0.1) is 5.60 Å². The van der Waals surface area contributed by atoms with E-state index in [9.17, 15) is 0 Å². The molecule has 118 valence electrons. The van der Waals surface area contributed by atoms with Crippen molar-refractivity contribution in [2.24, 2.45) is 16.8 Å². The van der Waals surface area contributed by atoms with E-state index >= 15 is 0 Å². The van der Waals surface area contributed by atoms with Gasteiger partial charge in [-0.05, 0) is 51.4 Å². The highest BCUT2D eigenvalue weighted by molar-refractivity contribution is 5.80. The Morgan fingerprint density at radius 3 is 2.30 bits per heavy atom. The van der Waals surface area contributed by atoms with E-state index in [0.29, 0.717) is 6.04 Å². The van der Waals surface area contributed by atoms with Gasteiger partial charge in [-0.25, -0.2) is 0 Å². The average Bonchev–Trinajstić information content (AvgIpc) is 2.44. The van der Waals surface area contributed by atoms with Crippen LogP contribution in [0.15, 0.2) is 4.99 Å². The van der Waals surface area contributed by atoms with Gasteiger partial charge in [0, 0.05) is 26.7 Å². The predicted molar refractivity (Wildman–Crippen MR) is 86.2 cm³/mol. The zero-order chi connectivity index (χ0) is 15.2. The summed E-state index contributed by atoms with van der Waals surface area (Å²) >= 11 is 0. The average molecular weight is 283 g/mol. The minimum Gasteiger partial charge on any atom is -0.377 e. The standard InChI is InChI=1S/C16H33N3O/c1-12(2)13-7-9-14(10-8-13)19-15(17-5)18-11-16(3,4)20-6/h12-14H,7-11H2,1-6H3,(H2,17,18,19). The topological polar surface area (TPSA) is 45.7 Å². The maximum Gasteiger partial charge on any atom is 0.191 e. The number of ether oxygens (including phenoxy) is 1. The van der Waals surface area contributed by atoms with Gasteiger partial charge < -0.3 is 15.4 Å². The quantitative estimate of drug-likeness (QED) is 0.602. The fourth-order valence-electron chi connectivity index (χ4n) is 2.69. The fourth-order valence-corrected chi connectivity index (χ4v) is 2.69. The van der Waals surface area contributed by atoms with Crippen LogP contribution in [0.25, 0.3) is 0 Å². The molecule has 1 saturated carbocycles. The van der Waals surface area contributed by atoms with Crippen LogP contribution in [0, 0.1) is 11.8 Å². The van der Waals surface area contributed by atoms with Gasteiger partial charge in [0.1, 0.15) is 0 Å². The summed E-state index contributed by atoms with van der Waals surface area (Å²) in [7, 11) is 3.57. The van der Waals surface area contributed by atoms with Crippen molar-refractivity contribution in [2.75, 3.05) is 20.7 Å². The molecule has 20 heavy (non-hydrogen) atoms. The van der Waals surface area contributed by atoms with E-state index in [4.69, 9.17) is 4.74 Å². The zero-order valence-corrected chi connectivity index (χ0v) is 14.1. The molecule has 4 nitrogen and oxygen atoms in total. The van der Waals surface area contributed by atoms with Gasteiger partial charge in [-0.1, -0.05) is 13.8 Å². The van der Waals surface area contributed by atoms with Crippen LogP contribution in [0.3, 0.4) is 0 Å². The Bertz CT molecular complexity index is 305. The van der Waals surface area contributed by atoms with Gasteiger partial charge in [0.15, 0.2) is 5.96 Å². The van der Waals surface area contributed by atoms with Crippen molar-refractivity contribution in [3.8, 4) is 0 Å². The van der Waals surface area contributed by atoms with Crippen molar-refractivity contribution in [3.63, 3.8) is 0 Å². The van der Waals surface area contributed by atoms with Crippen LogP contribution < -0.4 is 10.6 Å². The van der Waals surface area contributed by atoms with Crippen molar-refractivity contribution in [1.82, 2.24) is 10.6 Å². The first-order valence-corrected chi connectivity index (χ1v) is 7.90. The monoisotopic (exact) mass is 283 g/mol. The number of methoxy groups -OCH3 is 1. The summed E-state index contributed by atoms with van der Waals surface area (Å²) in [5.41, 5.74) is -0.174. The SMILES string of the molecule is CN=C(NCC(C)(C)OC)NC1CCC(C(C)C)CC1. The van der Waals surface area contributed by atoms with E-state index in [1.807, 2.05) is 7.05 Å². The first-order chi connectivity index (χ1) is 9.38. The highest BCUT2D eigenvalue weighted by atomic mass is 16.5. The van der Waals surface area contributed by atoms with Crippen LogP contribution in [0.4, 0.5) is 0 Å². The molecule has 1 aliphatic rings. The molecular weight excluding hydrogens is 250 g/mol. The molecule has 2 N–H and O–H groups in total. The molecular formula is C16H33N3O. The lowest BCUT2D eigenvalue weighted by atomic mass is 9.80. The molecule has 1 fully saturated rings. The number of nitrogens with one attached hydrogen (secondary N) is 2. The smallest absolute Gasteiger partial charge is 0.191 e. The Morgan fingerprint density at radius 2 is 1.85 bits per heavy atom. The molecule has 0 heterocycles. The lowest BCUT2D eigenvalue weighted by molar-refractivity contribution is 0.0267. The Morgan fingerprint density at radius 1 is 1.25 bits per heavy atom. The van der Waals surface area contributed by atoms with E-state index in [1.165, 1.54) is 25.7 Å². The van der Waals surface area contributed by atoms with Crippen molar-refractivity contribution in [3.05, 3.63) is 0 Å². The first-order valence-electron chi connectivity index (χ1n) is 7.90. The minimum absolute atomic E-state index is 0.174. The molecule has 0 aliphatic heterocycles. The molecule has 1 aliphatic carbocycles. The Labute approximate surface area is 124 Å². The molecule has 0 spiro atoms. The van der Waals surface area contributed by atoms with E-state index in [0.717, 1.165) is 24.3 Å². The molecule has 0 atom stereocenters. The molecule has 0 aromatic rings. The Hall–Kier alpha value is -0.770. The van der Waals surface area contributed by atoms with E-state index in [-0.39, 0.29) is 5.60 Å². The summed E-state index contributed by atoms with van der Waals surface area (Å²) in [6.07, 6.45) is 5.15. The summed E-state index contributed by atoms with van der Waals surface area (Å²) in [4.78, 5) is 4.31. The Kier molecular flexibility index (Phi) is 6.80. The molecule has 0 aromatic carbocycles. The van der Waals surface area contributed by atoms with Crippen LogP contribution in [-0.4, -0.2) is 38.3 Å². The van der Waals surface area contributed by atoms with Crippen molar-refractivity contribution in [1.29, 1.82) is 0 Å². The number of hydrogen-bond acceptors (Lipinski definition) is 2. The number of aliphatic imine (C=N–C) groups is 1. The minimum atomic E-state index is -0.174.